The van der Waals surface area contributed by atoms with Gasteiger partial charge >= 0.3 is 0 Å². The molecule has 0 amide bonds. The van der Waals surface area contributed by atoms with Gasteiger partial charge in [0.1, 0.15) is 23.9 Å². The molecular formula is C15H13BrClFO2. The average Bonchev–Trinajstić information content (AvgIpc) is 2.48. The van der Waals surface area contributed by atoms with Crippen LogP contribution in [0.15, 0.2) is 36.4 Å². The Morgan fingerprint density at radius 3 is 2.65 bits per heavy atom. The quantitative estimate of drug-likeness (QED) is 0.702. The Kier molecular flexibility index (Phi) is 5.26. The summed E-state index contributed by atoms with van der Waals surface area (Å²) in [6, 6.07) is 9.74. The van der Waals surface area contributed by atoms with E-state index < -0.39 is 0 Å². The van der Waals surface area contributed by atoms with E-state index in [1.165, 1.54) is 18.2 Å². The second-order valence-corrected chi connectivity index (χ2v) is 5.10. The molecule has 106 valence electrons. The first-order chi connectivity index (χ1) is 9.63. The summed E-state index contributed by atoms with van der Waals surface area (Å²) < 4.78 is 24.1. The molecule has 0 saturated heterocycles. The van der Waals surface area contributed by atoms with Gasteiger partial charge in [-0.2, -0.15) is 0 Å². The number of ether oxygens (including phenoxy) is 2. The van der Waals surface area contributed by atoms with Crippen LogP contribution in [0.4, 0.5) is 4.39 Å². The SMILES string of the molecule is COc1ccc(OCc2cc(F)ccc2Cl)c(CBr)c1. The highest BCUT2D eigenvalue weighted by molar-refractivity contribution is 9.08. The van der Waals surface area contributed by atoms with Gasteiger partial charge in [-0.15, -0.1) is 0 Å². The summed E-state index contributed by atoms with van der Waals surface area (Å²) in [5, 5.41) is 1.12. The zero-order valence-corrected chi connectivity index (χ0v) is 13.2. The van der Waals surface area contributed by atoms with Crippen molar-refractivity contribution in [2.45, 2.75) is 11.9 Å². The number of hydrogen-bond donors (Lipinski definition) is 0. The molecule has 0 aromatic heterocycles. The standard InChI is InChI=1S/C15H13BrClFO2/c1-19-13-3-5-15(10(7-13)8-16)20-9-11-6-12(18)2-4-14(11)17/h2-7H,8-9H2,1H3. The summed E-state index contributed by atoms with van der Waals surface area (Å²) in [7, 11) is 1.61. The molecule has 0 unspecified atom stereocenters. The zero-order valence-electron chi connectivity index (χ0n) is 10.8. The summed E-state index contributed by atoms with van der Waals surface area (Å²) in [6.07, 6.45) is 0. The van der Waals surface area contributed by atoms with Gasteiger partial charge in [-0.1, -0.05) is 27.5 Å². The van der Waals surface area contributed by atoms with Crippen molar-refractivity contribution in [1.29, 1.82) is 0 Å². The Bertz CT molecular complexity index is 604. The zero-order chi connectivity index (χ0) is 14.5. The number of benzene rings is 2. The lowest BCUT2D eigenvalue weighted by atomic mass is 10.2. The Labute approximate surface area is 130 Å². The van der Waals surface area contributed by atoms with Crippen LogP contribution >= 0.6 is 27.5 Å². The van der Waals surface area contributed by atoms with Gasteiger partial charge in [0.2, 0.25) is 0 Å². The third-order valence-corrected chi connectivity index (χ3v) is 3.78. The third-order valence-electron chi connectivity index (χ3n) is 2.80. The Morgan fingerprint density at radius 1 is 1.15 bits per heavy atom. The maximum atomic E-state index is 13.2. The highest BCUT2D eigenvalue weighted by atomic mass is 79.9. The number of hydrogen-bond acceptors (Lipinski definition) is 2. The van der Waals surface area contributed by atoms with Gasteiger partial charge in [0.15, 0.2) is 0 Å². The first-order valence-corrected chi connectivity index (χ1v) is 7.43. The van der Waals surface area contributed by atoms with Crippen LogP contribution in [-0.2, 0) is 11.9 Å². The van der Waals surface area contributed by atoms with Crippen molar-refractivity contribution in [3.05, 3.63) is 58.4 Å². The van der Waals surface area contributed by atoms with Gasteiger partial charge in [-0.05, 0) is 36.4 Å². The third kappa shape index (κ3) is 3.64. The van der Waals surface area contributed by atoms with Gasteiger partial charge in [-0.25, -0.2) is 4.39 Å². The van der Waals surface area contributed by atoms with Gasteiger partial charge in [0, 0.05) is 21.5 Å². The van der Waals surface area contributed by atoms with Crippen molar-refractivity contribution in [1.82, 2.24) is 0 Å². The topological polar surface area (TPSA) is 18.5 Å². The van der Waals surface area contributed by atoms with Gasteiger partial charge in [-0.3, -0.25) is 0 Å². The highest BCUT2D eigenvalue weighted by Gasteiger charge is 2.07. The number of halogens is 3. The molecule has 0 aliphatic rings. The fourth-order valence-corrected chi connectivity index (χ4v) is 2.35. The van der Waals surface area contributed by atoms with Crippen LogP contribution in [0.25, 0.3) is 0 Å². The van der Waals surface area contributed by atoms with Crippen LogP contribution in [0, 0.1) is 5.82 Å². The Morgan fingerprint density at radius 2 is 1.95 bits per heavy atom. The Balaban J connectivity index is 2.16. The smallest absolute Gasteiger partial charge is 0.124 e. The van der Waals surface area contributed by atoms with E-state index in [1.54, 1.807) is 7.11 Å². The number of alkyl halides is 1. The normalized spacial score (nSPS) is 10.4. The molecule has 2 aromatic rings. The molecule has 2 aromatic carbocycles. The molecule has 20 heavy (non-hydrogen) atoms. The lowest BCUT2D eigenvalue weighted by Crippen LogP contribution is -1.99. The molecule has 0 fully saturated rings. The van der Waals surface area contributed by atoms with Crippen molar-refractivity contribution in [3.8, 4) is 11.5 Å². The largest absolute Gasteiger partial charge is 0.497 e. The summed E-state index contributed by atoms with van der Waals surface area (Å²) in [6.45, 7) is 0.211. The molecule has 0 aliphatic heterocycles. The average molecular weight is 360 g/mol. The van der Waals surface area contributed by atoms with Gasteiger partial charge in [0.25, 0.3) is 0 Å². The predicted molar refractivity (Wildman–Crippen MR) is 81.4 cm³/mol. The van der Waals surface area contributed by atoms with E-state index >= 15 is 0 Å². The molecule has 2 nitrogen and oxygen atoms in total. The van der Waals surface area contributed by atoms with E-state index in [2.05, 4.69) is 15.9 Å². The van der Waals surface area contributed by atoms with Crippen molar-refractivity contribution >= 4 is 27.5 Å². The molecule has 2 rings (SSSR count). The van der Waals surface area contributed by atoms with Crippen LogP contribution in [0.5, 0.6) is 11.5 Å². The molecule has 0 heterocycles. The van der Waals surface area contributed by atoms with E-state index in [0.717, 1.165) is 11.3 Å². The van der Waals surface area contributed by atoms with Crippen molar-refractivity contribution in [2.24, 2.45) is 0 Å². The fraction of sp³-hybridized carbons (Fsp3) is 0.200. The van der Waals surface area contributed by atoms with E-state index in [9.17, 15) is 4.39 Å². The Hall–Kier alpha value is -1.26. The molecule has 0 radical (unpaired) electrons. The van der Waals surface area contributed by atoms with Crippen molar-refractivity contribution in [3.63, 3.8) is 0 Å². The van der Waals surface area contributed by atoms with Gasteiger partial charge < -0.3 is 9.47 Å². The van der Waals surface area contributed by atoms with Gasteiger partial charge in [0.05, 0.1) is 7.11 Å². The van der Waals surface area contributed by atoms with E-state index in [4.69, 9.17) is 21.1 Å². The van der Waals surface area contributed by atoms with Crippen molar-refractivity contribution in [2.75, 3.05) is 7.11 Å². The van der Waals surface area contributed by atoms with E-state index in [1.807, 2.05) is 18.2 Å². The highest BCUT2D eigenvalue weighted by Crippen LogP contribution is 2.28. The predicted octanol–water partition coefficient (Wildman–Crippen LogP) is 4.96. The van der Waals surface area contributed by atoms with Crippen LogP contribution in [-0.4, -0.2) is 7.11 Å². The lowest BCUT2D eigenvalue weighted by Gasteiger charge is -2.12. The molecule has 0 aliphatic carbocycles. The molecule has 0 atom stereocenters. The minimum Gasteiger partial charge on any atom is -0.497 e. The van der Waals surface area contributed by atoms with E-state index in [0.29, 0.717) is 21.7 Å². The van der Waals surface area contributed by atoms with E-state index in [-0.39, 0.29) is 12.4 Å². The molecule has 5 heteroatoms. The minimum atomic E-state index is -0.330. The van der Waals surface area contributed by atoms with Crippen LogP contribution < -0.4 is 9.47 Å². The lowest BCUT2D eigenvalue weighted by molar-refractivity contribution is 0.302. The molecular weight excluding hydrogens is 347 g/mol. The summed E-state index contributed by atoms with van der Waals surface area (Å²) in [5.74, 6) is 1.14. The number of rotatable bonds is 5. The second kappa shape index (κ2) is 6.95. The molecule has 0 saturated carbocycles. The molecule has 0 N–H and O–H groups in total. The maximum Gasteiger partial charge on any atom is 0.124 e. The second-order valence-electron chi connectivity index (χ2n) is 4.13. The molecule has 0 spiro atoms. The van der Waals surface area contributed by atoms with Crippen LogP contribution in [0.3, 0.4) is 0 Å². The maximum absolute atomic E-state index is 13.2. The fourth-order valence-electron chi connectivity index (χ4n) is 1.74. The summed E-state index contributed by atoms with van der Waals surface area (Å²) >= 11 is 9.41. The number of methoxy groups -OCH3 is 1. The minimum absolute atomic E-state index is 0.211. The summed E-state index contributed by atoms with van der Waals surface area (Å²) in [4.78, 5) is 0. The van der Waals surface area contributed by atoms with Crippen molar-refractivity contribution < 1.29 is 13.9 Å². The first-order valence-electron chi connectivity index (χ1n) is 5.93. The van der Waals surface area contributed by atoms with Crippen LogP contribution in [0.1, 0.15) is 11.1 Å². The van der Waals surface area contributed by atoms with Crippen LogP contribution in [0.2, 0.25) is 5.02 Å². The monoisotopic (exact) mass is 358 g/mol. The molecule has 0 bridgehead atoms. The first kappa shape index (κ1) is 15.1. The summed E-state index contributed by atoms with van der Waals surface area (Å²) in [5.41, 5.74) is 1.57.